The molecule has 0 bridgehead atoms. The summed E-state index contributed by atoms with van der Waals surface area (Å²) in [5.41, 5.74) is 4.05. The molecule has 2 rings (SSSR count). The first kappa shape index (κ1) is 11.4. The van der Waals surface area contributed by atoms with E-state index >= 15 is 0 Å². The van der Waals surface area contributed by atoms with Gasteiger partial charge in [-0.05, 0) is 22.6 Å². The largest absolute Gasteiger partial charge is 0.192 e. The SMILES string of the molecule is CC(C)c1cccc(-c2ccccc2)c1C#N. The summed E-state index contributed by atoms with van der Waals surface area (Å²) in [6.45, 7) is 4.23. The molecule has 0 spiro atoms. The van der Waals surface area contributed by atoms with Gasteiger partial charge in [-0.2, -0.15) is 5.26 Å². The van der Waals surface area contributed by atoms with Crippen molar-refractivity contribution >= 4 is 0 Å². The molecule has 0 fully saturated rings. The van der Waals surface area contributed by atoms with Gasteiger partial charge in [-0.3, -0.25) is 0 Å². The second kappa shape index (κ2) is 4.84. The number of benzene rings is 2. The highest BCUT2D eigenvalue weighted by Gasteiger charge is 2.11. The normalized spacial score (nSPS) is 10.2. The van der Waals surface area contributed by atoms with Gasteiger partial charge < -0.3 is 0 Å². The maximum Gasteiger partial charge on any atom is 0.100 e. The van der Waals surface area contributed by atoms with Crippen LogP contribution >= 0.6 is 0 Å². The van der Waals surface area contributed by atoms with Crippen LogP contribution in [0.1, 0.15) is 30.9 Å². The van der Waals surface area contributed by atoms with E-state index < -0.39 is 0 Å². The van der Waals surface area contributed by atoms with Gasteiger partial charge in [0.1, 0.15) is 6.07 Å². The molecule has 17 heavy (non-hydrogen) atoms. The van der Waals surface area contributed by atoms with Crippen LogP contribution in [0.3, 0.4) is 0 Å². The lowest BCUT2D eigenvalue weighted by Crippen LogP contribution is -1.95. The monoisotopic (exact) mass is 221 g/mol. The van der Waals surface area contributed by atoms with Crippen molar-refractivity contribution in [3.05, 3.63) is 59.7 Å². The van der Waals surface area contributed by atoms with Crippen molar-refractivity contribution in [1.29, 1.82) is 5.26 Å². The lowest BCUT2D eigenvalue weighted by molar-refractivity contribution is 0.863. The van der Waals surface area contributed by atoms with Gasteiger partial charge in [0.2, 0.25) is 0 Å². The summed E-state index contributed by atoms with van der Waals surface area (Å²) in [5, 5.41) is 9.36. The average molecular weight is 221 g/mol. The predicted octanol–water partition coefficient (Wildman–Crippen LogP) is 4.35. The Balaban J connectivity index is 2.64. The molecule has 84 valence electrons. The molecule has 0 saturated carbocycles. The van der Waals surface area contributed by atoms with Crippen molar-refractivity contribution in [3.63, 3.8) is 0 Å². The molecular formula is C16H15N. The van der Waals surface area contributed by atoms with Crippen molar-refractivity contribution < 1.29 is 0 Å². The molecule has 0 saturated heterocycles. The second-order valence-electron chi connectivity index (χ2n) is 4.40. The van der Waals surface area contributed by atoms with Gasteiger partial charge in [0.05, 0.1) is 5.56 Å². The van der Waals surface area contributed by atoms with Gasteiger partial charge in [-0.25, -0.2) is 0 Å². The highest BCUT2D eigenvalue weighted by molar-refractivity contribution is 5.72. The van der Waals surface area contributed by atoms with E-state index in [0.29, 0.717) is 5.92 Å². The van der Waals surface area contributed by atoms with Crippen LogP contribution in [-0.2, 0) is 0 Å². The molecule has 0 aliphatic heterocycles. The van der Waals surface area contributed by atoms with Crippen molar-refractivity contribution in [1.82, 2.24) is 0 Å². The van der Waals surface area contributed by atoms with Crippen molar-refractivity contribution in [2.45, 2.75) is 19.8 Å². The van der Waals surface area contributed by atoms with E-state index in [4.69, 9.17) is 0 Å². The molecule has 0 amide bonds. The molecule has 0 atom stereocenters. The van der Waals surface area contributed by atoms with Crippen LogP contribution < -0.4 is 0 Å². The van der Waals surface area contributed by atoms with E-state index in [1.807, 2.05) is 48.5 Å². The van der Waals surface area contributed by atoms with Crippen molar-refractivity contribution in [2.75, 3.05) is 0 Å². The summed E-state index contributed by atoms with van der Waals surface area (Å²) in [7, 11) is 0. The topological polar surface area (TPSA) is 23.8 Å². The Morgan fingerprint density at radius 1 is 0.941 bits per heavy atom. The molecule has 1 nitrogen and oxygen atoms in total. The number of rotatable bonds is 2. The van der Waals surface area contributed by atoms with Gasteiger partial charge in [0, 0.05) is 0 Å². The van der Waals surface area contributed by atoms with E-state index in [1.54, 1.807) is 0 Å². The zero-order valence-corrected chi connectivity index (χ0v) is 10.1. The van der Waals surface area contributed by atoms with Crippen LogP contribution in [0.25, 0.3) is 11.1 Å². The van der Waals surface area contributed by atoms with Gasteiger partial charge >= 0.3 is 0 Å². The van der Waals surface area contributed by atoms with E-state index in [9.17, 15) is 5.26 Å². The first-order valence-corrected chi connectivity index (χ1v) is 5.82. The summed E-state index contributed by atoms with van der Waals surface area (Å²) >= 11 is 0. The molecule has 1 heteroatoms. The summed E-state index contributed by atoms with van der Waals surface area (Å²) in [6, 6.07) is 18.5. The minimum absolute atomic E-state index is 0.369. The third-order valence-corrected chi connectivity index (χ3v) is 2.92. The number of hydrogen-bond donors (Lipinski definition) is 0. The van der Waals surface area contributed by atoms with Crippen LogP contribution in [0.5, 0.6) is 0 Å². The maximum atomic E-state index is 9.36. The Kier molecular flexibility index (Phi) is 3.25. The van der Waals surface area contributed by atoms with E-state index in [1.165, 1.54) is 0 Å². The predicted molar refractivity (Wildman–Crippen MR) is 70.7 cm³/mol. The molecule has 0 radical (unpaired) electrons. The summed E-state index contributed by atoms with van der Waals surface area (Å²) in [6.07, 6.45) is 0. The van der Waals surface area contributed by atoms with Gasteiger partial charge in [0.15, 0.2) is 0 Å². The molecule has 0 unspecified atom stereocenters. The van der Waals surface area contributed by atoms with E-state index in [-0.39, 0.29) is 0 Å². The Morgan fingerprint density at radius 3 is 2.24 bits per heavy atom. The molecule has 0 N–H and O–H groups in total. The van der Waals surface area contributed by atoms with Crippen molar-refractivity contribution in [3.8, 4) is 17.2 Å². The Hall–Kier alpha value is -2.07. The summed E-state index contributed by atoms with van der Waals surface area (Å²) in [5.74, 6) is 0.369. The quantitative estimate of drug-likeness (QED) is 0.739. The fraction of sp³-hybridized carbons (Fsp3) is 0.188. The fourth-order valence-electron chi connectivity index (χ4n) is 2.03. The lowest BCUT2D eigenvalue weighted by Gasteiger charge is -2.12. The smallest absolute Gasteiger partial charge is 0.100 e. The molecule has 0 aliphatic carbocycles. The molecule has 0 heterocycles. The van der Waals surface area contributed by atoms with Gasteiger partial charge in [0.25, 0.3) is 0 Å². The number of nitrogens with zero attached hydrogens (tertiary/aromatic N) is 1. The maximum absolute atomic E-state index is 9.36. The lowest BCUT2D eigenvalue weighted by atomic mass is 9.91. The highest BCUT2D eigenvalue weighted by Crippen LogP contribution is 2.29. The Bertz CT molecular complexity index is 547. The Labute approximate surface area is 102 Å². The van der Waals surface area contributed by atoms with Crippen LogP contribution in [0, 0.1) is 11.3 Å². The first-order chi connectivity index (χ1) is 8.24. The van der Waals surface area contributed by atoms with Gasteiger partial charge in [-0.1, -0.05) is 62.4 Å². The zero-order valence-electron chi connectivity index (χ0n) is 10.1. The molecule has 2 aromatic rings. The van der Waals surface area contributed by atoms with Crippen LogP contribution in [0.15, 0.2) is 48.5 Å². The molecule has 2 aromatic carbocycles. The Morgan fingerprint density at radius 2 is 1.65 bits per heavy atom. The highest BCUT2D eigenvalue weighted by atomic mass is 14.3. The first-order valence-electron chi connectivity index (χ1n) is 5.82. The van der Waals surface area contributed by atoms with Crippen molar-refractivity contribution in [2.24, 2.45) is 0 Å². The van der Waals surface area contributed by atoms with Gasteiger partial charge in [-0.15, -0.1) is 0 Å². The minimum atomic E-state index is 0.369. The molecular weight excluding hydrogens is 206 g/mol. The fourth-order valence-corrected chi connectivity index (χ4v) is 2.03. The number of nitriles is 1. The second-order valence-corrected chi connectivity index (χ2v) is 4.40. The van der Waals surface area contributed by atoms with Crippen LogP contribution in [-0.4, -0.2) is 0 Å². The van der Waals surface area contributed by atoms with Crippen LogP contribution in [0.2, 0.25) is 0 Å². The minimum Gasteiger partial charge on any atom is -0.192 e. The molecule has 0 aromatic heterocycles. The van der Waals surface area contributed by atoms with E-state index in [2.05, 4.69) is 19.9 Å². The third-order valence-electron chi connectivity index (χ3n) is 2.92. The summed E-state index contributed by atoms with van der Waals surface area (Å²) < 4.78 is 0. The van der Waals surface area contributed by atoms with E-state index in [0.717, 1.165) is 22.3 Å². The summed E-state index contributed by atoms with van der Waals surface area (Å²) in [4.78, 5) is 0. The molecule has 0 aliphatic rings. The third kappa shape index (κ3) is 2.21. The standard InChI is InChI=1S/C16H15N/c1-12(2)14-9-6-10-15(16(14)11-17)13-7-4-3-5-8-13/h3-10,12H,1-2H3. The number of hydrogen-bond acceptors (Lipinski definition) is 1. The zero-order chi connectivity index (χ0) is 12.3. The average Bonchev–Trinajstić information content (AvgIpc) is 2.38. The van der Waals surface area contributed by atoms with Crippen LogP contribution in [0.4, 0.5) is 0 Å².